The fraction of sp³-hybridized carbons (Fsp3) is 0.688. The molecule has 8 nitrogen and oxygen atoms in total. The Hall–Kier alpha value is -1.25. The molecule has 2 aromatic heterocycles. The molecule has 2 fully saturated rings. The van der Waals surface area contributed by atoms with Gasteiger partial charge in [0.1, 0.15) is 0 Å². The number of aliphatic hydroxyl groups is 2. The molecule has 1 saturated carbocycles. The van der Waals surface area contributed by atoms with Gasteiger partial charge in [-0.1, -0.05) is 0 Å². The van der Waals surface area contributed by atoms with Gasteiger partial charge in [-0.05, 0) is 0 Å². The van der Waals surface area contributed by atoms with E-state index >= 15 is 0 Å². The summed E-state index contributed by atoms with van der Waals surface area (Å²) in [6.45, 7) is 0. The molecule has 3 heterocycles. The summed E-state index contributed by atoms with van der Waals surface area (Å²) in [6.07, 6.45) is 4.96. The predicted molar refractivity (Wildman–Crippen MR) is 93.6 cm³/mol. The molecule has 136 valence electrons. The van der Waals surface area contributed by atoms with Gasteiger partial charge in [-0.3, -0.25) is 0 Å². The van der Waals surface area contributed by atoms with Crippen molar-refractivity contribution >= 4 is 31.9 Å². The summed E-state index contributed by atoms with van der Waals surface area (Å²) in [5.41, 5.74) is 1.28. The van der Waals surface area contributed by atoms with Crippen LogP contribution in [0, 0.1) is 0 Å². The van der Waals surface area contributed by atoms with Crippen LogP contribution in [0.25, 0.3) is 11.2 Å². The fourth-order valence-electron chi connectivity index (χ4n) is 3.67. The number of hydrogen-bond donors (Lipinski definition) is 3. The van der Waals surface area contributed by atoms with Gasteiger partial charge in [0.05, 0.1) is 0 Å². The summed E-state index contributed by atoms with van der Waals surface area (Å²) in [4.78, 5) is 13.1. The molecule has 0 radical (unpaired) electrons. The van der Waals surface area contributed by atoms with Crippen LogP contribution < -0.4 is 5.32 Å². The SMILES string of the molecule is C[Se]C[C@H]1OC(n2cnc3c(NC4CCCC4)ncnc32)[C@H](O)[C@@H]1O. The summed E-state index contributed by atoms with van der Waals surface area (Å²) in [5, 5.41) is 24.9. The van der Waals surface area contributed by atoms with E-state index < -0.39 is 18.4 Å². The molecular formula is C16H23N5O3Se. The monoisotopic (exact) mass is 413 g/mol. The Morgan fingerprint density at radius 3 is 2.80 bits per heavy atom. The van der Waals surface area contributed by atoms with Crippen LogP contribution in [0.5, 0.6) is 0 Å². The molecule has 4 atom stereocenters. The number of fused-ring (bicyclic) bond motifs is 1. The van der Waals surface area contributed by atoms with Crippen molar-refractivity contribution in [2.75, 3.05) is 5.32 Å². The first-order chi connectivity index (χ1) is 12.2. The second kappa shape index (κ2) is 7.17. The van der Waals surface area contributed by atoms with Crippen LogP contribution in [0.3, 0.4) is 0 Å². The first-order valence-electron chi connectivity index (χ1n) is 8.63. The minimum absolute atomic E-state index is 0.347. The molecule has 0 aromatic carbocycles. The third-order valence-electron chi connectivity index (χ3n) is 5.00. The van der Waals surface area contributed by atoms with Crippen LogP contribution >= 0.6 is 0 Å². The maximum absolute atomic E-state index is 10.4. The van der Waals surface area contributed by atoms with Crippen LogP contribution in [0.15, 0.2) is 12.7 Å². The van der Waals surface area contributed by atoms with E-state index in [0.717, 1.165) is 24.0 Å². The summed E-state index contributed by atoms with van der Waals surface area (Å²) in [5.74, 6) is 2.81. The second-order valence-electron chi connectivity index (χ2n) is 6.67. The molecule has 9 heteroatoms. The number of aromatic nitrogens is 4. The zero-order valence-electron chi connectivity index (χ0n) is 14.1. The van der Waals surface area contributed by atoms with Crippen molar-refractivity contribution in [3.63, 3.8) is 0 Å². The van der Waals surface area contributed by atoms with E-state index in [-0.39, 0.29) is 6.10 Å². The van der Waals surface area contributed by atoms with Gasteiger partial charge in [0.25, 0.3) is 0 Å². The summed E-state index contributed by atoms with van der Waals surface area (Å²) in [6, 6.07) is 0.426. The number of ether oxygens (including phenoxy) is 1. The van der Waals surface area contributed by atoms with Crippen LogP contribution in [0.4, 0.5) is 5.82 Å². The second-order valence-corrected chi connectivity index (χ2v) is 8.58. The van der Waals surface area contributed by atoms with Crippen molar-refractivity contribution in [2.24, 2.45) is 0 Å². The number of anilines is 1. The van der Waals surface area contributed by atoms with Gasteiger partial charge >= 0.3 is 152 Å². The average Bonchev–Trinajstić information content (AvgIpc) is 3.32. The predicted octanol–water partition coefficient (Wildman–Crippen LogP) is 0.971. The van der Waals surface area contributed by atoms with Gasteiger partial charge < -0.3 is 0 Å². The van der Waals surface area contributed by atoms with E-state index in [2.05, 4.69) is 26.1 Å². The van der Waals surface area contributed by atoms with Crippen LogP contribution in [0.1, 0.15) is 31.9 Å². The Bertz CT molecular complexity index is 736. The third-order valence-corrected chi connectivity index (χ3v) is 6.39. The number of hydrogen-bond acceptors (Lipinski definition) is 7. The van der Waals surface area contributed by atoms with Crippen LogP contribution in [-0.4, -0.2) is 69.0 Å². The van der Waals surface area contributed by atoms with Gasteiger partial charge in [-0.15, -0.1) is 0 Å². The topological polar surface area (TPSA) is 105 Å². The van der Waals surface area contributed by atoms with E-state index in [0.29, 0.717) is 32.2 Å². The standard InChI is InChI=1S/C16H23N5O3Se/c1-25-6-10-12(22)13(23)16(24-10)21-8-19-11-14(17-7-18-15(11)21)20-9-4-2-3-5-9/h7-10,12-13,16,22-23H,2-6H2,1H3,(H,17,18,20)/t10-,12-,13-,16?/m1/s1. The Morgan fingerprint density at radius 2 is 2.04 bits per heavy atom. The molecule has 3 N–H and O–H groups in total. The first-order valence-corrected chi connectivity index (χ1v) is 11.6. The molecular weight excluding hydrogens is 389 g/mol. The molecule has 4 rings (SSSR count). The number of nitrogens with zero attached hydrogens (tertiary/aromatic N) is 4. The van der Waals surface area contributed by atoms with E-state index in [9.17, 15) is 10.2 Å². The maximum atomic E-state index is 10.4. The Kier molecular flexibility index (Phi) is 4.92. The van der Waals surface area contributed by atoms with Gasteiger partial charge in [0.2, 0.25) is 0 Å². The molecule has 1 aliphatic carbocycles. The molecule has 2 aromatic rings. The Balaban J connectivity index is 1.62. The van der Waals surface area contributed by atoms with Crippen molar-refractivity contribution < 1.29 is 14.9 Å². The number of imidazole rings is 1. The molecule has 1 saturated heterocycles. The normalized spacial score (nSPS) is 30.4. The first kappa shape index (κ1) is 17.2. The third kappa shape index (κ3) is 3.15. The zero-order chi connectivity index (χ0) is 17.4. The number of aliphatic hydroxyl groups excluding tert-OH is 2. The molecule has 2 aliphatic rings. The van der Waals surface area contributed by atoms with E-state index in [1.807, 2.05) is 0 Å². The van der Waals surface area contributed by atoms with Gasteiger partial charge in [-0.2, -0.15) is 0 Å². The molecule has 0 amide bonds. The van der Waals surface area contributed by atoms with E-state index in [4.69, 9.17) is 4.74 Å². The summed E-state index contributed by atoms with van der Waals surface area (Å²) < 4.78 is 7.61. The Labute approximate surface area is 152 Å². The molecule has 1 unspecified atom stereocenters. The quantitative estimate of drug-likeness (QED) is 0.629. The fourth-order valence-corrected chi connectivity index (χ4v) is 4.94. The summed E-state index contributed by atoms with van der Waals surface area (Å²) >= 11 is 0.359. The van der Waals surface area contributed by atoms with Crippen molar-refractivity contribution in [3.05, 3.63) is 12.7 Å². The molecule has 1 aliphatic heterocycles. The Morgan fingerprint density at radius 1 is 1.24 bits per heavy atom. The summed E-state index contributed by atoms with van der Waals surface area (Å²) in [7, 11) is 0. The van der Waals surface area contributed by atoms with Crippen molar-refractivity contribution in [1.82, 2.24) is 19.5 Å². The zero-order valence-corrected chi connectivity index (χ0v) is 15.8. The number of nitrogens with one attached hydrogen (secondary N) is 1. The number of rotatable bonds is 5. The van der Waals surface area contributed by atoms with Crippen molar-refractivity contribution in [2.45, 2.75) is 67.4 Å². The van der Waals surface area contributed by atoms with Crippen LogP contribution in [0.2, 0.25) is 11.1 Å². The molecule has 25 heavy (non-hydrogen) atoms. The van der Waals surface area contributed by atoms with Crippen LogP contribution in [-0.2, 0) is 4.74 Å². The van der Waals surface area contributed by atoms with Gasteiger partial charge in [0, 0.05) is 0 Å². The van der Waals surface area contributed by atoms with Gasteiger partial charge in [0.15, 0.2) is 0 Å². The minimum atomic E-state index is -0.994. The molecule has 0 spiro atoms. The van der Waals surface area contributed by atoms with E-state index in [1.165, 1.54) is 19.2 Å². The van der Waals surface area contributed by atoms with Gasteiger partial charge in [-0.25, -0.2) is 0 Å². The molecule has 0 bridgehead atoms. The van der Waals surface area contributed by atoms with E-state index in [1.54, 1.807) is 10.9 Å². The van der Waals surface area contributed by atoms with Crippen molar-refractivity contribution in [1.29, 1.82) is 0 Å². The van der Waals surface area contributed by atoms with Crippen molar-refractivity contribution in [3.8, 4) is 0 Å². The average molecular weight is 412 g/mol.